The Kier molecular flexibility index (Phi) is 3.53. The normalized spacial score (nSPS) is 10.7. The van der Waals surface area contributed by atoms with E-state index in [0.717, 1.165) is 25.3 Å². The van der Waals surface area contributed by atoms with Crippen LogP contribution in [-0.2, 0) is 20.0 Å². The second kappa shape index (κ2) is 5.09. The number of nitrogens with zero attached hydrogens (tertiary/aromatic N) is 2. The summed E-state index contributed by atoms with van der Waals surface area (Å²) < 4.78 is 2.04. The molecule has 2 heterocycles. The Morgan fingerprint density at radius 1 is 1.53 bits per heavy atom. The first-order valence-electron chi connectivity index (χ1n) is 5.05. The molecule has 2 aromatic heterocycles. The molecule has 0 atom stereocenters. The van der Waals surface area contributed by atoms with Gasteiger partial charge in [0.1, 0.15) is 5.82 Å². The van der Waals surface area contributed by atoms with E-state index in [-0.39, 0.29) is 0 Å². The van der Waals surface area contributed by atoms with Gasteiger partial charge in [0.2, 0.25) is 0 Å². The number of imidazole rings is 1. The van der Waals surface area contributed by atoms with Gasteiger partial charge >= 0.3 is 0 Å². The van der Waals surface area contributed by atoms with Crippen LogP contribution in [0.25, 0.3) is 0 Å². The molecule has 2 aromatic rings. The maximum Gasteiger partial charge on any atom is 0.122 e. The summed E-state index contributed by atoms with van der Waals surface area (Å²) in [4.78, 5) is 5.69. The lowest BCUT2D eigenvalue weighted by Crippen LogP contribution is -2.18. The monoisotopic (exact) mass is 221 g/mol. The minimum atomic E-state index is 0.842. The molecule has 0 aliphatic carbocycles. The Bertz CT molecular complexity index is 392. The van der Waals surface area contributed by atoms with Crippen molar-refractivity contribution >= 4 is 11.3 Å². The summed E-state index contributed by atoms with van der Waals surface area (Å²) in [6.07, 6.45) is 4.90. The van der Waals surface area contributed by atoms with Crippen LogP contribution < -0.4 is 5.32 Å². The third-order valence-corrected chi connectivity index (χ3v) is 3.27. The molecule has 0 fully saturated rings. The van der Waals surface area contributed by atoms with Gasteiger partial charge in [0, 0.05) is 30.9 Å². The van der Waals surface area contributed by atoms with Crippen LogP contribution in [0.2, 0.25) is 0 Å². The molecule has 0 radical (unpaired) electrons. The summed E-state index contributed by atoms with van der Waals surface area (Å²) in [5.74, 6) is 1.08. The Labute approximate surface area is 93.8 Å². The van der Waals surface area contributed by atoms with E-state index in [4.69, 9.17) is 0 Å². The maximum atomic E-state index is 4.25. The third-order valence-electron chi connectivity index (χ3n) is 2.33. The molecule has 80 valence electrons. The SMILES string of the molecule is Cn1ccnc1CNCCc1cccs1. The molecule has 0 unspecified atom stereocenters. The Balaban J connectivity index is 1.70. The molecule has 4 heteroatoms. The van der Waals surface area contributed by atoms with Gasteiger partial charge in [0.05, 0.1) is 6.54 Å². The molecule has 1 N–H and O–H groups in total. The van der Waals surface area contributed by atoms with Gasteiger partial charge in [-0.25, -0.2) is 4.98 Å². The zero-order valence-corrected chi connectivity index (χ0v) is 9.63. The summed E-state index contributed by atoms with van der Waals surface area (Å²) in [6, 6.07) is 4.27. The number of aromatic nitrogens is 2. The van der Waals surface area contributed by atoms with E-state index < -0.39 is 0 Å². The fourth-order valence-corrected chi connectivity index (χ4v) is 2.14. The van der Waals surface area contributed by atoms with E-state index in [2.05, 4.69) is 27.8 Å². The van der Waals surface area contributed by atoms with Crippen LogP contribution in [0.5, 0.6) is 0 Å². The van der Waals surface area contributed by atoms with Crippen molar-refractivity contribution in [2.24, 2.45) is 7.05 Å². The molecular weight excluding hydrogens is 206 g/mol. The zero-order valence-electron chi connectivity index (χ0n) is 8.81. The van der Waals surface area contributed by atoms with Crippen LogP contribution in [0.1, 0.15) is 10.7 Å². The summed E-state index contributed by atoms with van der Waals surface area (Å²) >= 11 is 1.81. The van der Waals surface area contributed by atoms with Crippen molar-refractivity contribution in [3.8, 4) is 0 Å². The summed E-state index contributed by atoms with van der Waals surface area (Å²) in [5, 5.41) is 5.51. The minimum absolute atomic E-state index is 0.842. The first-order chi connectivity index (χ1) is 7.36. The average molecular weight is 221 g/mol. The Morgan fingerprint density at radius 2 is 2.47 bits per heavy atom. The van der Waals surface area contributed by atoms with Crippen LogP contribution in [-0.4, -0.2) is 16.1 Å². The van der Waals surface area contributed by atoms with Crippen LogP contribution >= 0.6 is 11.3 Å². The number of aryl methyl sites for hydroxylation is 1. The lowest BCUT2D eigenvalue weighted by molar-refractivity contribution is 0.640. The largest absolute Gasteiger partial charge is 0.337 e. The minimum Gasteiger partial charge on any atom is -0.337 e. The van der Waals surface area contributed by atoms with Crippen molar-refractivity contribution in [1.29, 1.82) is 0 Å². The lowest BCUT2D eigenvalue weighted by atomic mass is 10.3. The Morgan fingerprint density at radius 3 is 3.13 bits per heavy atom. The second-order valence-electron chi connectivity index (χ2n) is 3.46. The fourth-order valence-electron chi connectivity index (χ4n) is 1.43. The number of hydrogen-bond donors (Lipinski definition) is 1. The summed E-state index contributed by atoms with van der Waals surface area (Å²) in [6.45, 7) is 1.85. The highest BCUT2D eigenvalue weighted by atomic mass is 32.1. The van der Waals surface area contributed by atoms with E-state index in [0.29, 0.717) is 0 Å². The van der Waals surface area contributed by atoms with Crippen molar-refractivity contribution < 1.29 is 0 Å². The van der Waals surface area contributed by atoms with E-state index in [1.165, 1.54) is 4.88 Å². The molecule has 3 nitrogen and oxygen atoms in total. The van der Waals surface area contributed by atoms with E-state index in [1.54, 1.807) is 0 Å². The second-order valence-corrected chi connectivity index (χ2v) is 4.49. The highest BCUT2D eigenvalue weighted by Gasteiger charge is 1.98. The molecule has 0 aromatic carbocycles. The van der Waals surface area contributed by atoms with Crippen molar-refractivity contribution in [1.82, 2.24) is 14.9 Å². The van der Waals surface area contributed by atoms with Crippen molar-refractivity contribution in [3.05, 3.63) is 40.6 Å². The van der Waals surface area contributed by atoms with Gasteiger partial charge in [-0.15, -0.1) is 11.3 Å². The van der Waals surface area contributed by atoms with Crippen LogP contribution in [0.15, 0.2) is 29.9 Å². The molecule has 2 rings (SSSR count). The highest BCUT2D eigenvalue weighted by Crippen LogP contribution is 2.08. The molecule has 0 amide bonds. The topological polar surface area (TPSA) is 29.9 Å². The Hall–Kier alpha value is -1.13. The summed E-state index contributed by atoms with van der Waals surface area (Å²) in [5.41, 5.74) is 0. The van der Waals surface area contributed by atoms with Gasteiger partial charge in [-0.05, 0) is 17.9 Å². The molecule has 0 saturated carbocycles. The van der Waals surface area contributed by atoms with Crippen LogP contribution in [0.4, 0.5) is 0 Å². The van der Waals surface area contributed by atoms with Crippen LogP contribution in [0.3, 0.4) is 0 Å². The number of nitrogens with one attached hydrogen (secondary N) is 1. The fraction of sp³-hybridized carbons (Fsp3) is 0.364. The van der Waals surface area contributed by atoms with Gasteiger partial charge < -0.3 is 9.88 Å². The average Bonchev–Trinajstić information content (AvgIpc) is 2.85. The molecular formula is C11H15N3S. The molecule has 0 saturated heterocycles. The van der Waals surface area contributed by atoms with Crippen molar-refractivity contribution in [2.75, 3.05) is 6.54 Å². The van der Waals surface area contributed by atoms with Gasteiger partial charge in [0.15, 0.2) is 0 Å². The van der Waals surface area contributed by atoms with E-state index >= 15 is 0 Å². The smallest absolute Gasteiger partial charge is 0.122 e. The standard InChI is InChI=1S/C11H15N3S/c1-14-7-6-13-11(14)9-12-5-4-10-3-2-8-15-10/h2-3,6-8,12H,4-5,9H2,1H3. The maximum absolute atomic E-state index is 4.25. The molecule has 0 aliphatic rings. The number of thiophene rings is 1. The van der Waals surface area contributed by atoms with E-state index in [9.17, 15) is 0 Å². The van der Waals surface area contributed by atoms with Gasteiger partial charge in [-0.3, -0.25) is 0 Å². The van der Waals surface area contributed by atoms with Crippen molar-refractivity contribution in [3.63, 3.8) is 0 Å². The predicted molar refractivity (Wildman–Crippen MR) is 62.9 cm³/mol. The predicted octanol–water partition coefficient (Wildman–Crippen LogP) is 1.81. The molecule has 15 heavy (non-hydrogen) atoms. The first-order valence-corrected chi connectivity index (χ1v) is 5.93. The molecule has 0 spiro atoms. The highest BCUT2D eigenvalue weighted by molar-refractivity contribution is 7.09. The zero-order chi connectivity index (χ0) is 10.5. The molecule has 0 bridgehead atoms. The number of rotatable bonds is 5. The first kappa shape index (κ1) is 10.4. The van der Waals surface area contributed by atoms with Crippen molar-refractivity contribution in [2.45, 2.75) is 13.0 Å². The lowest BCUT2D eigenvalue weighted by Gasteiger charge is -2.03. The molecule has 0 aliphatic heterocycles. The number of hydrogen-bond acceptors (Lipinski definition) is 3. The van der Waals surface area contributed by atoms with Gasteiger partial charge in [-0.2, -0.15) is 0 Å². The van der Waals surface area contributed by atoms with Gasteiger partial charge in [-0.1, -0.05) is 6.07 Å². The van der Waals surface area contributed by atoms with Gasteiger partial charge in [0.25, 0.3) is 0 Å². The van der Waals surface area contributed by atoms with Crippen LogP contribution in [0, 0.1) is 0 Å². The third kappa shape index (κ3) is 2.91. The quantitative estimate of drug-likeness (QED) is 0.780. The summed E-state index contributed by atoms with van der Waals surface area (Å²) in [7, 11) is 2.02. The van der Waals surface area contributed by atoms with E-state index in [1.807, 2.05) is 35.3 Å².